The second-order valence-electron chi connectivity index (χ2n) is 8.31. The Morgan fingerprint density at radius 1 is 1.08 bits per heavy atom. The topological polar surface area (TPSA) is 53.5 Å². The van der Waals surface area contributed by atoms with E-state index in [1.807, 2.05) is 4.31 Å². The molecule has 0 N–H and O–H groups in total. The van der Waals surface area contributed by atoms with Crippen LogP contribution in [0.2, 0.25) is 0 Å². The molecule has 0 radical (unpaired) electrons. The first-order valence-corrected chi connectivity index (χ1v) is 11.4. The minimum atomic E-state index is -3.46. The molecular weight excluding hydrogens is 346 g/mol. The van der Waals surface area contributed by atoms with E-state index in [1.54, 1.807) is 24.5 Å². The number of pyridine rings is 1. The maximum Gasteiger partial charge on any atom is 0.243 e. The van der Waals surface area contributed by atoms with Gasteiger partial charge in [0.25, 0.3) is 0 Å². The summed E-state index contributed by atoms with van der Waals surface area (Å²) in [4.78, 5) is 7.01. The Labute approximate surface area is 156 Å². The van der Waals surface area contributed by atoms with E-state index >= 15 is 0 Å². The van der Waals surface area contributed by atoms with Crippen molar-refractivity contribution >= 4 is 10.0 Å². The maximum absolute atomic E-state index is 13.3. The summed E-state index contributed by atoms with van der Waals surface area (Å²) in [6.45, 7) is 2.88. The third kappa shape index (κ3) is 2.65. The first-order valence-electron chi connectivity index (χ1n) is 10.0. The van der Waals surface area contributed by atoms with Crippen LogP contribution in [-0.4, -0.2) is 54.3 Å². The molecule has 0 amide bonds. The lowest BCUT2D eigenvalue weighted by Crippen LogP contribution is -2.59. The molecule has 26 heavy (non-hydrogen) atoms. The molecule has 1 aromatic rings. The van der Waals surface area contributed by atoms with Gasteiger partial charge >= 0.3 is 0 Å². The average molecular weight is 374 g/mol. The Hall–Kier alpha value is -1.24. The van der Waals surface area contributed by atoms with E-state index in [0.29, 0.717) is 29.3 Å². The first-order chi connectivity index (χ1) is 12.6. The van der Waals surface area contributed by atoms with Crippen LogP contribution in [0.15, 0.2) is 41.1 Å². The summed E-state index contributed by atoms with van der Waals surface area (Å²) in [6.07, 6.45) is 12.7. The number of aromatic nitrogens is 1. The highest BCUT2D eigenvalue weighted by Gasteiger charge is 2.48. The molecule has 3 fully saturated rings. The molecule has 6 heteroatoms. The lowest BCUT2D eigenvalue weighted by Gasteiger charge is -2.54. The van der Waals surface area contributed by atoms with E-state index < -0.39 is 10.0 Å². The van der Waals surface area contributed by atoms with Crippen LogP contribution in [0.5, 0.6) is 0 Å². The summed E-state index contributed by atoms with van der Waals surface area (Å²) in [7, 11) is -3.46. The molecule has 4 atom stereocenters. The van der Waals surface area contributed by atoms with Crippen molar-refractivity contribution in [2.75, 3.05) is 19.6 Å². The third-order valence-corrected chi connectivity index (χ3v) is 8.76. The van der Waals surface area contributed by atoms with Crippen molar-refractivity contribution < 1.29 is 8.42 Å². The second-order valence-corrected chi connectivity index (χ2v) is 10.2. The Kier molecular flexibility index (Phi) is 4.18. The molecule has 1 aromatic heterocycles. The molecule has 0 spiro atoms. The average Bonchev–Trinajstić information content (AvgIpc) is 2.68. The molecule has 0 aromatic carbocycles. The van der Waals surface area contributed by atoms with Gasteiger partial charge in [0.2, 0.25) is 10.0 Å². The van der Waals surface area contributed by atoms with Gasteiger partial charge in [0.05, 0.1) is 10.9 Å². The Morgan fingerprint density at radius 3 is 2.77 bits per heavy atom. The summed E-state index contributed by atoms with van der Waals surface area (Å²) < 4.78 is 28.5. The van der Waals surface area contributed by atoms with Crippen LogP contribution in [0, 0.1) is 11.8 Å². The normalized spacial score (nSPS) is 35.3. The summed E-state index contributed by atoms with van der Waals surface area (Å²) in [5.74, 6) is 1.06. The molecular formula is C20H27N3O2S. The van der Waals surface area contributed by atoms with E-state index in [0.717, 1.165) is 25.8 Å². The third-order valence-electron chi connectivity index (χ3n) is 6.87. The fraction of sp³-hybridized carbons (Fsp3) is 0.650. The van der Waals surface area contributed by atoms with Gasteiger partial charge in [-0.1, -0.05) is 18.1 Å². The Balaban J connectivity index is 1.51. The van der Waals surface area contributed by atoms with Gasteiger partial charge in [0, 0.05) is 31.5 Å². The number of piperidine rings is 3. The fourth-order valence-corrected chi connectivity index (χ4v) is 7.55. The highest BCUT2D eigenvalue weighted by atomic mass is 32.2. The number of sulfonamides is 1. The summed E-state index contributed by atoms with van der Waals surface area (Å²) >= 11 is 0. The molecule has 2 bridgehead atoms. The standard InChI is InChI=1S/C20H27N3O2S/c24-26(25,18-6-8-21-9-7-18)23-11-3-4-15-12-16-13-17(20(15)23)14-22-10-2-1-5-19(16)22/h6-9,12,16-17,19-20H,1-5,10-11,13-14H2/t16-,17+,19+,20+/m0/s1. The van der Waals surface area contributed by atoms with Gasteiger partial charge in [0.1, 0.15) is 0 Å². The van der Waals surface area contributed by atoms with Crippen LogP contribution in [-0.2, 0) is 10.0 Å². The van der Waals surface area contributed by atoms with Gasteiger partial charge in [-0.3, -0.25) is 9.88 Å². The molecule has 1 aliphatic carbocycles. The zero-order valence-corrected chi connectivity index (χ0v) is 15.9. The maximum atomic E-state index is 13.3. The molecule has 5 rings (SSSR count). The number of fused-ring (bicyclic) bond motifs is 6. The van der Waals surface area contributed by atoms with Crippen LogP contribution in [0.1, 0.15) is 38.5 Å². The van der Waals surface area contributed by atoms with Crippen molar-refractivity contribution in [3.63, 3.8) is 0 Å². The largest absolute Gasteiger partial charge is 0.299 e. The predicted molar refractivity (Wildman–Crippen MR) is 100 cm³/mol. The minimum absolute atomic E-state index is 0.0565. The van der Waals surface area contributed by atoms with E-state index in [9.17, 15) is 8.42 Å². The van der Waals surface area contributed by atoms with Crippen LogP contribution < -0.4 is 0 Å². The highest BCUT2D eigenvalue weighted by Crippen LogP contribution is 2.46. The molecule has 3 saturated heterocycles. The first kappa shape index (κ1) is 16.9. The van der Waals surface area contributed by atoms with Gasteiger partial charge in [-0.15, -0.1) is 0 Å². The summed E-state index contributed by atoms with van der Waals surface area (Å²) in [5.41, 5.74) is 1.39. The molecule has 0 saturated carbocycles. The van der Waals surface area contributed by atoms with E-state index in [4.69, 9.17) is 0 Å². The van der Waals surface area contributed by atoms with Crippen molar-refractivity contribution in [1.29, 1.82) is 0 Å². The van der Waals surface area contributed by atoms with Crippen LogP contribution in [0.4, 0.5) is 0 Å². The SMILES string of the molecule is O=S(=O)(c1ccncc1)N1CCCC2=C[C@H]3C[C@H](CN4CCCC[C@H]34)[C@@H]21. The zero-order valence-electron chi connectivity index (χ0n) is 15.1. The molecule has 3 aliphatic heterocycles. The van der Waals surface area contributed by atoms with Crippen molar-refractivity contribution in [3.8, 4) is 0 Å². The Morgan fingerprint density at radius 2 is 1.92 bits per heavy atom. The molecule has 140 valence electrons. The van der Waals surface area contributed by atoms with Crippen LogP contribution in [0.3, 0.4) is 0 Å². The lowest BCUT2D eigenvalue weighted by molar-refractivity contribution is 0.0149. The highest BCUT2D eigenvalue weighted by molar-refractivity contribution is 7.89. The van der Waals surface area contributed by atoms with Crippen molar-refractivity contribution in [2.45, 2.75) is 55.5 Å². The quantitative estimate of drug-likeness (QED) is 0.748. The molecule has 4 heterocycles. The Bertz CT molecular complexity index is 808. The van der Waals surface area contributed by atoms with Gasteiger partial charge in [-0.05, 0) is 62.6 Å². The lowest BCUT2D eigenvalue weighted by atomic mass is 9.68. The van der Waals surface area contributed by atoms with Crippen molar-refractivity contribution in [2.24, 2.45) is 11.8 Å². The summed E-state index contributed by atoms with van der Waals surface area (Å²) in [6, 6.07) is 4.00. The summed E-state index contributed by atoms with van der Waals surface area (Å²) in [5, 5.41) is 0. The van der Waals surface area contributed by atoms with Crippen LogP contribution in [0.25, 0.3) is 0 Å². The van der Waals surface area contributed by atoms with Gasteiger partial charge < -0.3 is 0 Å². The van der Waals surface area contributed by atoms with E-state index in [1.165, 1.54) is 31.4 Å². The van der Waals surface area contributed by atoms with E-state index in [2.05, 4.69) is 16.0 Å². The van der Waals surface area contributed by atoms with Crippen LogP contribution >= 0.6 is 0 Å². The van der Waals surface area contributed by atoms with Gasteiger partial charge in [0.15, 0.2) is 0 Å². The molecule has 4 aliphatic rings. The van der Waals surface area contributed by atoms with Gasteiger partial charge in [-0.25, -0.2) is 8.42 Å². The zero-order chi connectivity index (χ0) is 17.7. The minimum Gasteiger partial charge on any atom is -0.299 e. The fourth-order valence-electron chi connectivity index (χ4n) is 5.84. The second kappa shape index (κ2) is 6.43. The van der Waals surface area contributed by atoms with E-state index in [-0.39, 0.29) is 6.04 Å². The number of nitrogens with zero attached hydrogens (tertiary/aromatic N) is 3. The van der Waals surface area contributed by atoms with Gasteiger partial charge in [-0.2, -0.15) is 4.31 Å². The predicted octanol–water partition coefficient (Wildman–Crippen LogP) is 2.67. The number of rotatable bonds is 2. The molecule has 5 nitrogen and oxygen atoms in total. The van der Waals surface area contributed by atoms with Crippen molar-refractivity contribution in [1.82, 2.24) is 14.2 Å². The molecule has 0 unspecified atom stereocenters. The number of hydrogen-bond acceptors (Lipinski definition) is 4. The smallest absolute Gasteiger partial charge is 0.243 e. The van der Waals surface area contributed by atoms with Crippen molar-refractivity contribution in [3.05, 3.63) is 36.2 Å². The monoisotopic (exact) mass is 373 g/mol. The number of hydrogen-bond donors (Lipinski definition) is 0.